The van der Waals surface area contributed by atoms with Gasteiger partial charge in [0, 0.05) is 26.2 Å². The van der Waals surface area contributed by atoms with E-state index < -0.39 is 0 Å². The van der Waals surface area contributed by atoms with Gasteiger partial charge in [-0.05, 0) is 18.5 Å². The Morgan fingerprint density at radius 3 is 2.50 bits per heavy atom. The predicted octanol–water partition coefficient (Wildman–Crippen LogP) is 2.36. The second kappa shape index (κ2) is 7.42. The molecule has 0 aliphatic rings. The van der Waals surface area contributed by atoms with Crippen LogP contribution >= 0.6 is 0 Å². The zero-order valence-corrected chi connectivity index (χ0v) is 10.7. The molecule has 1 aromatic carbocycles. The van der Waals surface area contributed by atoms with Gasteiger partial charge in [0.2, 0.25) is 0 Å². The summed E-state index contributed by atoms with van der Waals surface area (Å²) < 4.78 is 0. The second-order valence-electron chi connectivity index (χ2n) is 4.82. The molecule has 1 N–H and O–H groups in total. The van der Waals surface area contributed by atoms with E-state index in [1.807, 2.05) is 0 Å². The fraction of sp³-hybridized carbons (Fsp3) is 0.571. The molecule has 0 aromatic heterocycles. The molecular weight excluding hydrogens is 196 g/mol. The molecule has 0 fully saturated rings. The van der Waals surface area contributed by atoms with E-state index >= 15 is 0 Å². The van der Waals surface area contributed by atoms with Crippen LogP contribution in [0.1, 0.15) is 19.4 Å². The normalized spacial score (nSPS) is 11.3. The Morgan fingerprint density at radius 1 is 1.19 bits per heavy atom. The first-order chi connectivity index (χ1) is 7.68. The van der Waals surface area contributed by atoms with Gasteiger partial charge in [-0.25, -0.2) is 0 Å². The number of hydrogen-bond acceptors (Lipinski definition) is 2. The van der Waals surface area contributed by atoms with Crippen molar-refractivity contribution in [2.24, 2.45) is 5.92 Å². The van der Waals surface area contributed by atoms with Crippen LogP contribution in [0, 0.1) is 5.92 Å². The molecule has 0 heterocycles. The fourth-order valence-electron chi connectivity index (χ4n) is 1.81. The monoisotopic (exact) mass is 220 g/mol. The first-order valence-electron chi connectivity index (χ1n) is 6.11. The minimum absolute atomic E-state index is 0.749. The third kappa shape index (κ3) is 5.89. The highest BCUT2D eigenvalue weighted by Crippen LogP contribution is 1.97. The molecule has 1 rings (SSSR count). The van der Waals surface area contributed by atoms with E-state index in [1.165, 1.54) is 12.1 Å². The highest BCUT2D eigenvalue weighted by molar-refractivity contribution is 5.14. The van der Waals surface area contributed by atoms with Crippen LogP contribution < -0.4 is 5.32 Å². The van der Waals surface area contributed by atoms with Crippen LogP contribution in [0.2, 0.25) is 0 Å². The zero-order chi connectivity index (χ0) is 11.8. The average molecular weight is 220 g/mol. The van der Waals surface area contributed by atoms with E-state index in [-0.39, 0.29) is 0 Å². The molecule has 2 nitrogen and oxygen atoms in total. The third-order valence-corrected chi connectivity index (χ3v) is 2.52. The molecule has 0 unspecified atom stereocenters. The van der Waals surface area contributed by atoms with Crippen LogP contribution in [0.4, 0.5) is 0 Å². The molecule has 0 bridgehead atoms. The van der Waals surface area contributed by atoms with Crippen molar-refractivity contribution in [3.05, 3.63) is 35.9 Å². The van der Waals surface area contributed by atoms with Crippen molar-refractivity contribution in [3.8, 4) is 0 Å². The van der Waals surface area contributed by atoms with Gasteiger partial charge in [-0.2, -0.15) is 0 Å². The van der Waals surface area contributed by atoms with Crippen LogP contribution in [-0.4, -0.2) is 31.6 Å². The molecular formula is C14H24N2. The van der Waals surface area contributed by atoms with Gasteiger partial charge in [0.15, 0.2) is 0 Å². The Hall–Kier alpha value is -0.860. The lowest BCUT2D eigenvalue weighted by Gasteiger charge is -2.18. The summed E-state index contributed by atoms with van der Waals surface area (Å²) in [5.41, 5.74) is 1.36. The summed E-state index contributed by atoms with van der Waals surface area (Å²) in [4.78, 5) is 2.38. The van der Waals surface area contributed by atoms with E-state index in [0.29, 0.717) is 0 Å². The number of rotatable bonds is 7. The highest BCUT2D eigenvalue weighted by Gasteiger charge is 2.00. The van der Waals surface area contributed by atoms with Crippen molar-refractivity contribution in [2.75, 3.05) is 26.7 Å². The maximum Gasteiger partial charge on any atom is 0.0206 e. The van der Waals surface area contributed by atoms with Crippen molar-refractivity contribution >= 4 is 0 Å². The quantitative estimate of drug-likeness (QED) is 0.710. The Balaban J connectivity index is 2.08. The molecule has 0 amide bonds. The molecule has 1 aromatic rings. The third-order valence-electron chi connectivity index (χ3n) is 2.52. The first-order valence-corrected chi connectivity index (χ1v) is 6.11. The summed E-state index contributed by atoms with van der Waals surface area (Å²) in [7, 11) is 2.18. The Labute approximate surface area is 99.7 Å². The number of hydrogen-bond donors (Lipinski definition) is 1. The molecule has 0 radical (unpaired) electrons. The maximum absolute atomic E-state index is 3.46. The van der Waals surface area contributed by atoms with E-state index in [0.717, 1.165) is 25.6 Å². The van der Waals surface area contributed by atoms with Crippen molar-refractivity contribution in [2.45, 2.75) is 20.4 Å². The average Bonchev–Trinajstić information content (AvgIpc) is 2.25. The van der Waals surface area contributed by atoms with Gasteiger partial charge in [-0.3, -0.25) is 0 Å². The standard InChI is InChI=1S/C14H24N2/c1-13(2)12-16(3)10-9-15-11-14-7-5-4-6-8-14/h4-8,13,15H,9-12H2,1-3H3. The topological polar surface area (TPSA) is 15.3 Å². The molecule has 0 aliphatic heterocycles. The van der Waals surface area contributed by atoms with Gasteiger partial charge < -0.3 is 10.2 Å². The van der Waals surface area contributed by atoms with E-state index in [2.05, 4.69) is 61.4 Å². The van der Waals surface area contributed by atoms with Crippen molar-refractivity contribution < 1.29 is 0 Å². The lowest BCUT2D eigenvalue weighted by molar-refractivity contribution is 0.294. The lowest BCUT2D eigenvalue weighted by Crippen LogP contribution is -2.31. The lowest BCUT2D eigenvalue weighted by atomic mass is 10.2. The number of likely N-dealkylation sites (N-methyl/N-ethyl adjacent to an activating group) is 1. The van der Waals surface area contributed by atoms with Crippen LogP contribution in [-0.2, 0) is 6.54 Å². The number of nitrogens with one attached hydrogen (secondary N) is 1. The summed E-state index contributed by atoms with van der Waals surface area (Å²) in [6, 6.07) is 10.5. The van der Waals surface area contributed by atoms with Crippen LogP contribution in [0.15, 0.2) is 30.3 Å². The molecule has 0 saturated heterocycles. The smallest absolute Gasteiger partial charge is 0.0206 e. The van der Waals surface area contributed by atoms with E-state index in [9.17, 15) is 0 Å². The van der Waals surface area contributed by atoms with Crippen LogP contribution in [0.3, 0.4) is 0 Å². The summed E-state index contributed by atoms with van der Waals surface area (Å²) in [5, 5.41) is 3.46. The largest absolute Gasteiger partial charge is 0.311 e. The fourth-order valence-corrected chi connectivity index (χ4v) is 1.81. The first kappa shape index (κ1) is 13.2. The second-order valence-corrected chi connectivity index (χ2v) is 4.82. The minimum Gasteiger partial charge on any atom is -0.311 e. The SMILES string of the molecule is CC(C)CN(C)CCNCc1ccccc1. The van der Waals surface area contributed by atoms with Gasteiger partial charge in [0.1, 0.15) is 0 Å². The van der Waals surface area contributed by atoms with E-state index in [4.69, 9.17) is 0 Å². The Bertz CT molecular complexity index is 269. The van der Waals surface area contributed by atoms with Gasteiger partial charge in [0.05, 0.1) is 0 Å². The predicted molar refractivity (Wildman–Crippen MR) is 70.5 cm³/mol. The molecule has 0 spiro atoms. The summed E-state index contributed by atoms with van der Waals surface area (Å²) in [6.07, 6.45) is 0. The van der Waals surface area contributed by atoms with Crippen molar-refractivity contribution in [3.63, 3.8) is 0 Å². The van der Waals surface area contributed by atoms with Gasteiger partial charge in [0.25, 0.3) is 0 Å². The van der Waals surface area contributed by atoms with E-state index in [1.54, 1.807) is 0 Å². The molecule has 16 heavy (non-hydrogen) atoms. The van der Waals surface area contributed by atoms with Crippen LogP contribution in [0.5, 0.6) is 0 Å². The highest BCUT2D eigenvalue weighted by atomic mass is 15.1. The molecule has 0 atom stereocenters. The van der Waals surface area contributed by atoms with Crippen LogP contribution in [0.25, 0.3) is 0 Å². The molecule has 0 aliphatic carbocycles. The Morgan fingerprint density at radius 2 is 1.88 bits per heavy atom. The number of nitrogens with zero attached hydrogens (tertiary/aromatic N) is 1. The van der Waals surface area contributed by atoms with Gasteiger partial charge >= 0.3 is 0 Å². The van der Waals surface area contributed by atoms with Gasteiger partial charge in [-0.15, -0.1) is 0 Å². The summed E-state index contributed by atoms with van der Waals surface area (Å²) in [6.45, 7) is 8.83. The molecule has 90 valence electrons. The maximum atomic E-state index is 3.46. The Kier molecular flexibility index (Phi) is 6.12. The molecule has 0 saturated carbocycles. The van der Waals surface area contributed by atoms with Gasteiger partial charge in [-0.1, -0.05) is 44.2 Å². The summed E-state index contributed by atoms with van der Waals surface area (Å²) in [5.74, 6) is 0.749. The van der Waals surface area contributed by atoms with Crippen molar-refractivity contribution in [1.29, 1.82) is 0 Å². The number of benzene rings is 1. The van der Waals surface area contributed by atoms with Crippen molar-refractivity contribution in [1.82, 2.24) is 10.2 Å². The minimum atomic E-state index is 0.749. The summed E-state index contributed by atoms with van der Waals surface area (Å²) >= 11 is 0. The zero-order valence-electron chi connectivity index (χ0n) is 10.7. The molecule has 2 heteroatoms.